The van der Waals surface area contributed by atoms with Crippen LogP contribution in [-0.2, 0) is 20.9 Å². The molecule has 9 heteroatoms. The number of benzene rings is 3. The number of rotatable bonds is 9. The number of amides is 3. The number of nitrogens with zero attached hydrogens (tertiary/aromatic N) is 1. The van der Waals surface area contributed by atoms with Gasteiger partial charge in [0.2, 0.25) is 0 Å². The molecule has 3 amide bonds. The molecule has 0 aliphatic carbocycles. The molecule has 186 valence electrons. The van der Waals surface area contributed by atoms with E-state index in [1.54, 1.807) is 55.6 Å². The fourth-order valence-corrected chi connectivity index (χ4v) is 3.10. The average Bonchev–Trinajstić information content (AvgIpc) is 2.89. The minimum atomic E-state index is -0.911. The van der Waals surface area contributed by atoms with Gasteiger partial charge in [-0.3, -0.25) is 14.4 Å². The van der Waals surface area contributed by atoms with Gasteiger partial charge in [-0.2, -0.15) is 5.10 Å². The number of methoxy groups -OCH3 is 1. The SMILES string of the molecule is COc1ccc(CNC(=O)C(=O)N/N=C\c2ccccc2OCC(=O)Nc2ccc(C)c(C)c2)cc1. The molecule has 0 saturated carbocycles. The van der Waals surface area contributed by atoms with Crippen molar-refractivity contribution in [1.82, 2.24) is 10.7 Å². The van der Waals surface area contributed by atoms with Gasteiger partial charge in [0.25, 0.3) is 5.91 Å². The first-order valence-electron chi connectivity index (χ1n) is 11.2. The summed E-state index contributed by atoms with van der Waals surface area (Å²) in [6.07, 6.45) is 1.34. The molecule has 0 saturated heterocycles. The van der Waals surface area contributed by atoms with Crippen LogP contribution < -0.4 is 25.5 Å². The van der Waals surface area contributed by atoms with Crippen LogP contribution in [0.1, 0.15) is 22.3 Å². The minimum absolute atomic E-state index is 0.181. The van der Waals surface area contributed by atoms with Gasteiger partial charge in [-0.25, -0.2) is 5.43 Å². The molecule has 0 atom stereocenters. The van der Waals surface area contributed by atoms with Crippen LogP contribution in [0.2, 0.25) is 0 Å². The Hall–Kier alpha value is -4.66. The third-order valence-corrected chi connectivity index (χ3v) is 5.26. The Morgan fingerprint density at radius 3 is 2.39 bits per heavy atom. The summed E-state index contributed by atoms with van der Waals surface area (Å²) < 4.78 is 10.7. The van der Waals surface area contributed by atoms with E-state index in [9.17, 15) is 14.4 Å². The van der Waals surface area contributed by atoms with E-state index in [-0.39, 0.29) is 19.1 Å². The molecule has 3 N–H and O–H groups in total. The fraction of sp³-hybridized carbons (Fsp3) is 0.185. The summed E-state index contributed by atoms with van der Waals surface area (Å²) in [6, 6.07) is 19.6. The molecule has 0 unspecified atom stereocenters. The maximum Gasteiger partial charge on any atom is 0.329 e. The van der Waals surface area contributed by atoms with E-state index in [1.807, 2.05) is 32.0 Å². The van der Waals surface area contributed by atoms with E-state index in [2.05, 4.69) is 21.2 Å². The van der Waals surface area contributed by atoms with Crippen LogP contribution in [0, 0.1) is 13.8 Å². The van der Waals surface area contributed by atoms with Crippen molar-refractivity contribution in [3.05, 3.63) is 89.0 Å². The lowest BCUT2D eigenvalue weighted by atomic mass is 10.1. The summed E-state index contributed by atoms with van der Waals surface area (Å²) >= 11 is 0. The molecule has 0 spiro atoms. The second-order valence-corrected chi connectivity index (χ2v) is 7.90. The van der Waals surface area contributed by atoms with Crippen molar-refractivity contribution in [2.75, 3.05) is 19.0 Å². The van der Waals surface area contributed by atoms with Crippen molar-refractivity contribution >= 4 is 29.6 Å². The molecule has 0 heterocycles. The second kappa shape index (κ2) is 12.7. The smallest absolute Gasteiger partial charge is 0.329 e. The van der Waals surface area contributed by atoms with Crippen LogP contribution in [0.3, 0.4) is 0 Å². The fourth-order valence-electron chi connectivity index (χ4n) is 3.10. The van der Waals surface area contributed by atoms with Crippen molar-refractivity contribution < 1.29 is 23.9 Å². The Morgan fingerprint density at radius 2 is 1.67 bits per heavy atom. The molecule has 3 aromatic carbocycles. The van der Waals surface area contributed by atoms with Gasteiger partial charge in [0, 0.05) is 17.8 Å². The van der Waals surface area contributed by atoms with E-state index in [0.29, 0.717) is 22.7 Å². The first kappa shape index (κ1) is 26.0. The van der Waals surface area contributed by atoms with Gasteiger partial charge in [0.15, 0.2) is 6.61 Å². The molecule has 0 bridgehead atoms. The number of nitrogens with one attached hydrogen (secondary N) is 3. The number of hydrogen-bond donors (Lipinski definition) is 3. The maximum atomic E-state index is 12.3. The van der Waals surface area contributed by atoms with Crippen molar-refractivity contribution in [2.24, 2.45) is 5.10 Å². The third kappa shape index (κ3) is 7.69. The van der Waals surface area contributed by atoms with Gasteiger partial charge < -0.3 is 20.1 Å². The Kier molecular flexibility index (Phi) is 9.16. The number of para-hydroxylation sites is 1. The highest BCUT2D eigenvalue weighted by Crippen LogP contribution is 2.17. The molecule has 0 aliphatic rings. The maximum absolute atomic E-state index is 12.3. The standard InChI is InChI=1S/C27H28N4O5/c1-18-8-11-22(14-19(18)2)30-25(32)17-36-24-7-5-4-6-21(24)16-29-31-27(34)26(33)28-15-20-9-12-23(35-3)13-10-20/h4-14,16H,15,17H2,1-3H3,(H,28,33)(H,30,32)(H,31,34)/b29-16-. The lowest BCUT2D eigenvalue weighted by Gasteiger charge is -2.10. The predicted molar refractivity (Wildman–Crippen MR) is 137 cm³/mol. The number of carbonyl (C=O) groups is 3. The zero-order valence-electron chi connectivity index (χ0n) is 20.3. The molecule has 3 aromatic rings. The Morgan fingerprint density at radius 1 is 0.917 bits per heavy atom. The van der Waals surface area contributed by atoms with Crippen molar-refractivity contribution in [3.63, 3.8) is 0 Å². The summed E-state index contributed by atoms with van der Waals surface area (Å²) in [5, 5.41) is 9.15. The highest BCUT2D eigenvalue weighted by molar-refractivity contribution is 6.35. The lowest BCUT2D eigenvalue weighted by molar-refractivity contribution is -0.139. The summed E-state index contributed by atoms with van der Waals surface area (Å²) in [6.45, 7) is 3.94. The van der Waals surface area contributed by atoms with Crippen LogP contribution in [0.15, 0.2) is 71.8 Å². The predicted octanol–water partition coefficient (Wildman–Crippen LogP) is 3.10. The third-order valence-electron chi connectivity index (χ3n) is 5.26. The number of hydrazone groups is 1. The number of ether oxygens (including phenoxy) is 2. The zero-order valence-corrected chi connectivity index (χ0v) is 20.3. The van der Waals surface area contributed by atoms with Crippen LogP contribution in [0.5, 0.6) is 11.5 Å². The van der Waals surface area contributed by atoms with Crippen LogP contribution in [-0.4, -0.2) is 37.7 Å². The topological polar surface area (TPSA) is 118 Å². The monoisotopic (exact) mass is 488 g/mol. The molecular weight excluding hydrogens is 460 g/mol. The van der Waals surface area contributed by atoms with Crippen LogP contribution >= 0.6 is 0 Å². The first-order valence-corrected chi connectivity index (χ1v) is 11.2. The van der Waals surface area contributed by atoms with Gasteiger partial charge in [-0.05, 0) is 66.9 Å². The lowest BCUT2D eigenvalue weighted by Crippen LogP contribution is -2.37. The number of anilines is 1. The van der Waals surface area contributed by atoms with Gasteiger partial charge in [0.1, 0.15) is 11.5 Å². The largest absolute Gasteiger partial charge is 0.497 e. The van der Waals surface area contributed by atoms with E-state index in [4.69, 9.17) is 9.47 Å². The molecule has 0 aromatic heterocycles. The van der Waals surface area contributed by atoms with E-state index in [1.165, 1.54) is 6.21 Å². The quantitative estimate of drug-likeness (QED) is 0.243. The summed E-state index contributed by atoms with van der Waals surface area (Å²) in [7, 11) is 1.57. The van der Waals surface area contributed by atoms with Crippen LogP contribution in [0.25, 0.3) is 0 Å². The molecule has 0 radical (unpaired) electrons. The summed E-state index contributed by atoms with van der Waals surface area (Å²) in [5.41, 5.74) is 6.42. The number of hydrogen-bond acceptors (Lipinski definition) is 6. The average molecular weight is 489 g/mol. The van der Waals surface area contributed by atoms with Gasteiger partial charge in [-0.1, -0.05) is 30.3 Å². The summed E-state index contributed by atoms with van der Waals surface area (Å²) in [4.78, 5) is 36.3. The second-order valence-electron chi connectivity index (χ2n) is 7.90. The molecule has 0 fully saturated rings. The van der Waals surface area contributed by atoms with Crippen molar-refractivity contribution in [2.45, 2.75) is 20.4 Å². The normalized spacial score (nSPS) is 10.5. The molecule has 36 heavy (non-hydrogen) atoms. The zero-order chi connectivity index (χ0) is 25.9. The molecule has 9 nitrogen and oxygen atoms in total. The van der Waals surface area contributed by atoms with E-state index < -0.39 is 11.8 Å². The Labute approximate surface area is 209 Å². The molecule has 3 rings (SSSR count). The van der Waals surface area contributed by atoms with E-state index >= 15 is 0 Å². The Balaban J connectivity index is 1.48. The van der Waals surface area contributed by atoms with E-state index in [0.717, 1.165) is 16.7 Å². The van der Waals surface area contributed by atoms with Crippen LogP contribution in [0.4, 0.5) is 5.69 Å². The number of carbonyl (C=O) groups excluding carboxylic acids is 3. The Bertz CT molecular complexity index is 1260. The van der Waals surface area contributed by atoms with Gasteiger partial charge in [0.05, 0.1) is 13.3 Å². The minimum Gasteiger partial charge on any atom is -0.497 e. The highest BCUT2D eigenvalue weighted by Gasteiger charge is 2.12. The van der Waals surface area contributed by atoms with Crippen molar-refractivity contribution in [1.29, 1.82) is 0 Å². The summed E-state index contributed by atoms with van der Waals surface area (Å²) in [5.74, 6) is -0.952. The van der Waals surface area contributed by atoms with Gasteiger partial charge in [-0.15, -0.1) is 0 Å². The van der Waals surface area contributed by atoms with Gasteiger partial charge >= 0.3 is 11.8 Å². The molecule has 0 aliphatic heterocycles. The number of aryl methyl sites for hydroxylation is 2. The highest BCUT2D eigenvalue weighted by atomic mass is 16.5. The van der Waals surface area contributed by atoms with Crippen molar-refractivity contribution in [3.8, 4) is 11.5 Å². The molecular formula is C27H28N4O5. The first-order chi connectivity index (χ1) is 17.4.